The number of carbonyl (C=O) groups is 1. The van der Waals surface area contributed by atoms with Crippen LogP contribution in [0, 0.1) is 6.92 Å². The summed E-state index contributed by atoms with van der Waals surface area (Å²) < 4.78 is 11.4. The van der Waals surface area contributed by atoms with Crippen molar-refractivity contribution in [3.63, 3.8) is 0 Å². The molecule has 16 heavy (non-hydrogen) atoms. The molecular formula is C12H15BrO3. The molecule has 3 nitrogen and oxygen atoms in total. The molecule has 0 radical (unpaired) electrons. The molecule has 0 atom stereocenters. The average molecular weight is 287 g/mol. The smallest absolute Gasteiger partial charge is 0.175 e. The number of ether oxygens (including phenoxy) is 2. The van der Waals surface area contributed by atoms with Gasteiger partial charge in [-0.05, 0) is 47.0 Å². The maximum atomic E-state index is 11.1. The predicted octanol–water partition coefficient (Wildman–Crippen LogP) is 2.91. The molecule has 1 rings (SSSR count). The Morgan fingerprint density at radius 3 is 2.31 bits per heavy atom. The number of halogens is 1. The number of Topliss-reactive ketones (excluding diaryl/α,β-unsaturated/α-hetero) is 1. The molecule has 0 spiro atoms. The fraction of sp³-hybridized carbons (Fsp3) is 0.417. The molecule has 4 heteroatoms. The summed E-state index contributed by atoms with van der Waals surface area (Å²) >= 11 is 3.41. The van der Waals surface area contributed by atoms with Gasteiger partial charge in [-0.1, -0.05) is 0 Å². The van der Waals surface area contributed by atoms with Gasteiger partial charge in [0.25, 0.3) is 0 Å². The molecule has 0 heterocycles. The third kappa shape index (κ3) is 2.55. The van der Waals surface area contributed by atoms with E-state index in [0.717, 1.165) is 15.6 Å². The summed E-state index contributed by atoms with van der Waals surface area (Å²) in [4.78, 5) is 11.1. The van der Waals surface area contributed by atoms with Crippen molar-refractivity contribution in [1.29, 1.82) is 0 Å². The third-order valence-corrected chi connectivity index (χ3v) is 2.98. The summed E-state index contributed by atoms with van der Waals surface area (Å²) in [5.41, 5.74) is 1.90. The Bertz CT molecular complexity index is 413. The second-order valence-corrected chi connectivity index (χ2v) is 4.44. The van der Waals surface area contributed by atoms with Crippen molar-refractivity contribution in [2.75, 3.05) is 14.2 Å². The van der Waals surface area contributed by atoms with E-state index in [2.05, 4.69) is 15.9 Å². The largest absolute Gasteiger partial charge is 0.493 e. The van der Waals surface area contributed by atoms with Crippen LogP contribution in [0.5, 0.6) is 11.5 Å². The first-order valence-electron chi connectivity index (χ1n) is 4.90. The van der Waals surface area contributed by atoms with Crippen LogP contribution in [0.2, 0.25) is 0 Å². The zero-order valence-electron chi connectivity index (χ0n) is 9.89. The number of hydrogen-bond acceptors (Lipinski definition) is 3. The van der Waals surface area contributed by atoms with Crippen LogP contribution in [0.3, 0.4) is 0 Å². The summed E-state index contributed by atoms with van der Waals surface area (Å²) in [6.45, 7) is 3.50. The summed E-state index contributed by atoms with van der Waals surface area (Å²) in [7, 11) is 3.18. The minimum absolute atomic E-state index is 0.127. The van der Waals surface area contributed by atoms with E-state index in [1.165, 1.54) is 0 Å². The highest BCUT2D eigenvalue weighted by Gasteiger charge is 2.16. The Morgan fingerprint density at radius 2 is 1.88 bits per heavy atom. The van der Waals surface area contributed by atoms with Crippen LogP contribution in [-0.2, 0) is 11.2 Å². The fourth-order valence-electron chi connectivity index (χ4n) is 1.64. The molecule has 88 valence electrons. The SMILES string of the molecule is COc1c(Br)cc(CC(C)=O)c(C)c1OC. The minimum Gasteiger partial charge on any atom is -0.493 e. The lowest BCUT2D eigenvalue weighted by atomic mass is 10.0. The van der Waals surface area contributed by atoms with Gasteiger partial charge in [-0.15, -0.1) is 0 Å². The summed E-state index contributed by atoms with van der Waals surface area (Å²) in [6.07, 6.45) is 0.408. The standard InChI is InChI=1S/C12H15BrO3/c1-7(14)5-9-6-10(13)12(16-4)11(15-3)8(9)2/h6H,5H2,1-4H3. The van der Waals surface area contributed by atoms with Crippen LogP contribution < -0.4 is 9.47 Å². The normalized spacial score (nSPS) is 10.1. The lowest BCUT2D eigenvalue weighted by molar-refractivity contribution is -0.116. The zero-order chi connectivity index (χ0) is 12.3. The van der Waals surface area contributed by atoms with E-state index in [4.69, 9.17) is 9.47 Å². The Hall–Kier alpha value is -1.03. The molecule has 1 aromatic rings. The fourth-order valence-corrected chi connectivity index (χ4v) is 2.26. The van der Waals surface area contributed by atoms with Gasteiger partial charge in [0.1, 0.15) is 5.78 Å². The highest BCUT2D eigenvalue weighted by Crippen LogP contribution is 2.39. The van der Waals surface area contributed by atoms with Crippen molar-refractivity contribution in [1.82, 2.24) is 0 Å². The van der Waals surface area contributed by atoms with Crippen molar-refractivity contribution in [2.45, 2.75) is 20.3 Å². The predicted molar refractivity (Wildman–Crippen MR) is 66.4 cm³/mol. The number of methoxy groups -OCH3 is 2. The molecule has 0 bridgehead atoms. The molecule has 0 saturated carbocycles. The molecule has 1 aromatic carbocycles. The lowest BCUT2D eigenvalue weighted by Gasteiger charge is -2.15. The van der Waals surface area contributed by atoms with Gasteiger partial charge < -0.3 is 9.47 Å². The van der Waals surface area contributed by atoms with E-state index in [1.807, 2.05) is 13.0 Å². The molecule has 0 aliphatic rings. The summed E-state index contributed by atoms with van der Waals surface area (Å²) in [5.74, 6) is 1.46. The van der Waals surface area contributed by atoms with E-state index in [9.17, 15) is 4.79 Å². The van der Waals surface area contributed by atoms with Crippen molar-refractivity contribution >= 4 is 21.7 Å². The number of carbonyl (C=O) groups excluding carboxylic acids is 1. The van der Waals surface area contributed by atoms with Crippen LogP contribution in [0.25, 0.3) is 0 Å². The number of ketones is 1. The molecule has 0 fully saturated rings. The van der Waals surface area contributed by atoms with Crippen molar-refractivity contribution in [3.05, 3.63) is 21.7 Å². The molecule has 0 aromatic heterocycles. The highest BCUT2D eigenvalue weighted by molar-refractivity contribution is 9.10. The van der Waals surface area contributed by atoms with Crippen molar-refractivity contribution in [3.8, 4) is 11.5 Å². The van der Waals surface area contributed by atoms with Crippen LogP contribution in [0.4, 0.5) is 0 Å². The minimum atomic E-state index is 0.127. The molecule has 0 aliphatic carbocycles. The number of benzene rings is 1. The maximum absolute atomic E-state index is 11.1. The van der Waals surface area contributed by atoms with Crippen LogP contribution >= 0.6 is 15.9 Å². The average Bonchev–Trinajstić information content (AvgIpc) is 2.21. The van der Waals surface area contributed by atoms with Crippen molar-refractivity contribution in [2.24, 2.45) is 0 Å². The van der Waals surface area contributed by atoms with Crippen LogP contribution in [-0.4, -0.2) is 20.0 Å². The quantitative estimate of drug-likeness (QED) is 0.854. The van der Waals surface area contributed by atoms with Gasteiger partial charge in [0.15, 0.2) is 11.5 Å². The molecule has 0 saturated heterocycles. The van der Waals surface area contributed by atoms with Crippen LogP contribution in [0.1, 0.15) is 18.1 Å². The van der Waals surface area contributed by atoms with Gasteiger partial charge in [0.2, 0.25) is 0 Å². The maximum Gasteiger partial charge on any atom is 0.175 e. The van der Waals surface area contributed by atoms with Gasteiger partial charge in [-0.2, -0.15) is 0 Å². The first-order valence-corrected chi connectivity index (χ1v) is 5.70. The van der Waals surface area contributed by atoms with Crippen LogP contribution in [0.15, 0.2) is 10.5 Å². The second kappa shape index (κ2) is 5.34. The first kappa shape index (κ1) is 13.0. The van der Waals surface area contributed by atoms with Crippen molar-refractivity contribution < 1.29 is 14.3 Å². The molecule has 0 amide bonds. The first-order chi connectivity index (χ1) is 7.51. The highest BCUT2D eigenvalue weighted by atomic mass is 79.9. The topological polar surface area (TPSA) is 35.5 Å². The van der Waals surface area contributed by atoms with Gasteiger partial charge in [0.05, 0.1) is 18.7 Å². The van der Waals surface area contributed by atoms with E-state index in [1.54, 1.807) is 21.1 Å². The van der Waals surface area contributed by atoms with E-state index in [-0.39, 0.29) is 5.78 Å². The van der Waals surface area contributed by atoms with Gasteiger partial charge in [0, 0.05) is 6.42 Å². The Balaban J connectivity index is 3.33. The van der Waals surface area contributed by atoms with Gasteiger partial charge in [-0.3, -0.25) is 4.79 Å². The molecule has 0 unspecified atom stereocenters. The van der Waals surface area contributed by atoms with Gasteiger partial charge >= 0.3 is 0 Å². The molecule has 0 aliphatic heterocycles. The Kier molecular flexibility index (Phi) is 4.35. The van der Waals surface area contributed by atoms with E-state index in [0.29, 0.717) is 17.9 Å². The number of hydrogen-bond donors (Lipinski definition) is 0. The second-order valence-electron chi connectivity index (χ2n) is 3.59. The monoisotopic (exact) mass is 286 g/mol. The summed E-state index contributed by atoms with van der Waals surface area (Å²) in [5, 5.41) is 0. The third-order valence-electron chi connectivity index (χ3n) is 2.39. The van der Waals surface area contributed by atoms with E-state index < -0.39 is 0 Å². The Morgan fingerprint density at radius 1 is 1.31 bits per heavy atom. The Labute approximate surface area is 104 Å². The van der Waals surface area contributed by atoms with Gasteiger partial charge in [-0.25, -0.2) is 0 Å². The molecule has 0 N–H and O–H groups in total. The van der Waals surface area contributed by atoms with E-state index >= 15 is 0 Å². The number of rotatable bonds is 4. The molecular weight excluding hydrogens is 272 g/mol. The summed E-state index contributed by atoms with van der Waals surface area (Å²) in [6, 6.07) is 1.90. The zero-order valence-corrected chi connectivity index (χ0v) is 11.5. The lowest BCUT2D eigenvalue weighted by Crippen LogP contribution is -2.02.